The van der Waals surface area contributed by atoms with E-state index in [1.807, 2.05) is 6.07 Å². The van der Waals surface area contributed by atoms with Crippen molar-refractivity contribution in [3.63, 3.8) is 0 Å². The number of aromatic hydroxyl groups is 1. The zero-order chi connectivity index (χ0) is 10.3. The first-order chi connectivity index (χ1) is 6.51. The number of fused-ring (bicyclic) bond motifs is 1. The van der Waals surface area contributed by atoms with Crippen LogP contribution in [-0.2, 0) is 6.42 Å². The summed E-state index contributed by atoms with van der Waals surface area (Å²) in [6, 6.07) is 5.31. The van der Waals surface area contributed by atoms with Crippen LogP contribution in [0.25, 0.3) is 0 Å². The maximum atomic E-state index is 9.35. The summed E-state index contributed by atoms with van der Waals surface area (Å²) < 4.78 is 5.90. The van der Waals surface area contributed by atoms with Crippen LogP contribution in [0.15, 0.2) is 18.2 Å². The monoisotopic (exact) mass is 192 g/mol. The average molecular weight is 192 g/mol. The summed E-state index contributed by atoms with van der Waals surface area (Å²) >= 11 is 0. The first-order valence-corrected chi connectivity index (χ1v) is 5.02. The molecule has 0 fully saturated rings. The minimum Gasteiger partial charge on any atom is -0.508 e. The Labute approximate surface area is 84.5 Å². The van der Waals surface area contributed by atoms with Crippen LogP contribution < -0.4 is 4.74 Å². The molecular weight excluding hydrogens is 176 g/mol. The minimum absolute atomic E-state index is 0.115. The largest absolute Gasteiger partial charge is 0.508 e. The summed E-state index contributed by atoms with van der Waals surface area (Å²) in [5.74, 6) is 1.70. The molecule has 0 saturated carbocycles. The molecule has 1 aromatic rings. The van der Waals surface area contributed by atoms with Crippen LogP contribution in [0, 0.1) is 5.92 Å². The summed E-state index contributed by atoms with van der Waals surface area (Å²) in [5, 5.41) is 9.35. The van der Waals surface area contributed by atoms with Gasteiger partial charge in [-0.05, 0) is 31.0 Å². The molecular formula is C12H16O2. The van der Waals surface area contributed by atoms with Crippen molar-refractivity contribution < 1.29 is 9.84 Å². The van der Waals surface area contributed by atoms with Crippen LogP contribution >= 0.6 is 0 Å². The van der Waals surface area contributed by atoms with Crippen LogP contribution in [0.5, 0.6) is 11.5 Å². The van der Waals surface area contributed by atoms with Crippen LogP contribution in [0.3, 0.4) is 0 Å². The van der Waals surface area contributed by atoms with Gasteiger partial charge in [0.2, 0.25) is 0 Å². The standard InChI is InChI=1S/C12H16O2/c1-8(2)12(3)7-9-6-10(13)4-5-11(9)14-12/h4-6,8,13H,7H2,1-3H3. The number of phenolic OH excluding ortho intramolecular Hbond substituents is 1. The third-order valence-corrected chi connectivity index (χ3v) is 3.15. The van der Waals surface area contributed by atoms with Gasteiger partial charge >= 0.3 is 0 Å². The molecule has 76 valence electrons. The maximum Gasteiger partial charge on any atom is 0.123 e. The Bertz CT molecular complexity index is 357. The van der Waals surface area contributed by atoms with Gasteiger partial charge in [-0.1, -0.05) is 13.8 Å². The highest BCUT2D eigenvalue weighted by Crippen LogP contribution is 2.40. The lowest BCUT2D eigenvalue weighted by molar-refractivity contribution is 0.0647. The van der Waals surface area contributed by atoms with Crippen molar-refractivity contribution in [3.05, 3.63) is 23.8 Å². The van der Waals surface area contributed by atoms with E-state index in [0.29, 0.717) is 11.7 Å². The topological polar surface area (TPSA) is 29.5 Å². The van der Waals surface area contributed by atoms with Crippen LogP contribution in [0.2, 0.25) is 0 Å². The highest BCUT2D eigenvalue weighted by Gasteiger charge is 2.37. The second kappa shape index (κ2) is 2.91. The molecule has 0 saturated heterocycles. The fraction of sp³-hybridized carbons (Fsp3) is 0.500. The quantitative estimate of drug-likeness (QED) is 0.741. The second-order valence-electron chi connectivity index (χ2n) is 4.54. The van der Waals surface area contributed by atoms with Crippen molar-refractivity contribution in [2.24, 2.45) is 5.92 Å². The van der Waals surface area contributed by atoms with Gasteiger partial charge in [-0.2, -0.15) is 0 Å². The van der Waals surface area contributed by atoms with E-state index in [-0.39, 0.29) is 5.60 Å². The summed E-state index contributed by atoms with van der Waals surface area (Å²) in [4.78, 5) is 0. The first kappa shape index (κ1) is 9.38. The van der Waals surface area contributed by atoms with Gasteiger partial charge in [0, 0.05) is 12.0 Å². The van der Waals surface area contributed by atoms with Crippen molar-refractivity contribution >= 4 is 0 Å². The van der Waals surface area contributed by atoms with E-state index in [9.17, 15) is 5.11 Å². The Morgan fingerprint density at radius 3 is 2.79 bits per heavy atom. The predicted molar refractivity (Wildman–Crippen MR) is 55.7 cm³/mol. The molecule has 0 radical (unpaired) electrons. The number of phenols is 1. The highest BCUT2D eigenvalue weighted by molar-refractivity contribution is 5.43. The fourth-order valence-electron chi connectivity index (χ4n) is 1.79. The number of benzene rings is 1. The molecule has 14 heavy (non-hydrogen) atoms. The van der Waals surface area contributed by atoms with Gasteiger partial charge in [0.05, 0.1) is 0 Å². The summed E-state index contributed by atoms with van der Waals surface area (Å²) in [5.41, 5.74) is 0.997. The van der Waals surface area contributed by atoms with E-state index in [0.717, 1.165) is 17.7 Å². The molecule has 1 heterocycles. The Morgan fingerprint density at radius 1 is 1.43 bits per heavy atom. The molecule has 1 N–H and O–H groups in total. The molecule has 0 aromatic heterocycles. The SMILES string of the molecule is CC(C)C1(C)Cc2cc(O)ccc2O1. The minimum atomic E-state index is -0.115. The van der Waals surface area contributed by atoms with E-state index in [2.05, 4.69) is 20.8 Å². The van der Waals surface area contributed by atoms with Crippen LogP contribution in [0.1, 0.15) is 26.3 Å². The Balaban J connectivity index is 2.34. The van der Waals surface area contributed by atoms with E-state index in [4.69, 9.17) is 4.74 Å². The maximum absolute atomic E-state index is 9.35. The molecule has 1 atom stereocenters. The molecule has 1 aromatic carbocycles. The molecule has 0 bridgehead atoms. The van der Waals surface area contributed by atoms with Crippen LogP contribution in [0.4, 0.5) is 0 Å². The molecule has 2 heteroatoms. The molecule has 1 unspecified atom stereocenters. The van der Waals surface area contributed by atoms with E-state index < -0.39 is 0 Å². The number of ether oxygens (including phenoxy) is 1. The summed E-state index contributed by atoms with van der Waals surface area (Å²) in [6.07, 6.45) is 0.883. The Hall–Kier alpha value is -1.18. The van der Waals surface area contributed by atoms with Gasteiger partial charge < -0.3 is 9.84 Å². The van der Waals surface area contributed by atoms with Gasteiger partial charge in [0.25, 0.3) is 0 Å². The van der Waals surface area contributed by atoms with Crippen molar-refractivity contribution in [1.82, 2.24) is 0 Å². The van der Waals surface area contributed by atoms with Gasteiger partial charge in [-0.3, -0.25) is 0 Å². The third-order valence-electron chi connectivity index (χ3n) is 3.15. The van der Waals surface area contributed by atoms with Gasteiger partial charge in [0.1, 0.15) is 17.1 Å². The van der Waals surface area contributed by atoms with E-state index in [1.54, 1.807) is 12.1 Å². The Morgan fingerprint density at radius 2 is 2.14 bits per heavy atom. The van der Waals surface area contributed by atoms with Crippen molar-refractivity contribution in [3.8, 4) is 11.5 Å². The Kier molecular flexibility index (Phi) is 1.95. The van der Waals surface area contributed by atoms with Gasteiger partial charge in [-0.15, -0.1) is 0 Å². The zero-order valence-electron chi connectivity index (χ0n) is 8.87. The second-order valence-corrected chi connectivity index (χ2v) is 4.54. The smallest absolute Gasteiger partial charge is 0.123 e. The molecule has 0 amide bonds. The number of hydrogen-bond acceptors (Lipinski definition) is 2. The fourth-order valence-corrected chi connectivity index (χ4v) is 1.79. The lowest BCUT2D eigenvalue weighted by Crippen LogP contribution is -2.36. The third kappa shape index (κ3) is 1.35. The van der Waals surface area contributed by atoms with E-state index in [1.165, 1.54) is 0 Å². The zero-order valence-corrected chi connectivity index (χ0v) is 8.87. The highest BCUT2D eigenvalue weighted by atomic mass is 16.5. The summed E-state index contributed by atoms with van der Waals surface area (Å²) in [7, 11) is 0. The lowest BCUT2D eigenvalue weighted by Gasteiger charge is -2.28. The molecule has 1 aliphatic heterocycles. The predicted octanol–water partition coefficient (Wildman–Crippen LogP) is 2.74. The number of rotatable bonds is 1. The van der Waals surface area contributed by atoms with Crippen molar-refractivity contribution in [2.75, 3.05) is 0 Å². The number of hydrogen-bond donors (Lipinski definition) is 1. The molecule has 0 aliphatic carbocycles. The lowest BCUT2D eigenvalue weighted by atomic mass is 9.88. The summed E-state index contributed by atoms with van der Waals surface area (Å²) in [6.45, 7) is 6.44. The van der Waals surface area contributed by atoms with Gasteiger partial charge in [0.15, 0.2) is 0 Å². The normalized spacial score (nSPS) is 24.9. The van der Waals surface area contributed by atoms with Gasteiger partial charge in [-0.25, -0.2) is 0 Å². The molecule has 1 aliphatic rings. The van der Waals surface area contributed by atoms with E-state index >= 15 is 0 Å². The molecule has 2 nitrogen and oxygen atoms in total. The van der Waals surface area contributed by atoms with Crippen LogP contribution in [-0.4, -0.2) is 10.7 Å². The molecule has 0 spiro atoms. The van der Waals surface area contributed by atoms with Crippen molar-refractivity contribution in [2.45, 2.75) is 32.8 Å². The average Bonchev–Trinajstić information content (AvgIpc) is 2.42. The van der Waals surface area contributed by atoms with Crippen molar-refractivity contribution in [1.29, 1.82) is 0 Å². The first-order valence-electron chi connectivity index (χ1n) is 5.02. The molecule has 2 rings (SSSR count).